The van der Waals surface area contributed by atoms with E-state index in [1.165, 1.54) is 84.9 Å². The second kappa shape index (κ2) is 21.5. The molecule has 0 bridgehead atoms. The molecule has 356 valence electrons. The van der Waals surface area contributed by atoms with Gasteiger partial charge < -0.3 is 59.8 Å². The van der Waals surface area contributed by atoms with E-state index in [0.717, 1.165) is 24.3 Å². The van der Waals surface area contributed by atoms with Crippen LogP contribution >= 0.6 is 0 Å². The van der Waals surface area contributed by atoms with Crippen LogP contribution in [0, 0.1) is 0 Å². The topological polar surface area (TPSA) is 335 Å². The average Bonchev–Trinajstić information content (AvgIpc) is 3.32. The number of carboxylic acids is 8. The molecule has 0 heterocycles. The summed E-state index contributed by atoms with van der Waals surface area (Å²) in [4.78, 5) is 94.0. The first-order valence-corrected chi connectivity index (χ1v) is 20.1. The number of ether oxygens (including phenoxy) is 4. The fourth-order valence-electron chi connectivity index (χ4n) is 6.66. The number of hydrogen-bond acceptors (Lipinski definition) is 12. The summed E-state index contributed by atoms with van der Waals surface area (Å²) >= 11 is 0. The fraction of sp³-hybridized carbons (Fsp3) is 0.0800. The van der Waals surface area contributed by atoms with Gasteiger partial charge in [-0.25, -0.2) is 38.4 Å². The van der Waals surface area contributed by atoms with Crippen molar-refractivity contribution in [2.75, 3.05) is 0 Å². The zero-order valence-electron chi connectivity index (χ0n) is 35.9. The molecule has 20 heteroatoms. The van der Waals surface area contributed by atoms with E-state index in [2.05, 4.69) is 0 Å². The minimum Gasteiger partial charge on any atom is -0.489 e. The van der Waals surface area contributed by atoms with Gasteiger partial charge in [0.2, 0.25) is 0 Å². The third-order valence-corrected chi connectivity index (χ3v) is 9.84. The number of hydrogen-bond donors (Lipinski definition) is 8. The highest BCUT2D eigenvalue weighted by molar-refractivity contribution is 5.96. The summed E-state index contributed by atoms with van der Waals surface area (Å²) in [5.74, 6) is -10.6. The summed E-state index contributed by atoms with van der Waals surface area (Å²) in [5.41, 5.74) is -1.01. The zero-order valence-corrected chi connectivity index (χ0v) is 35.9. The molecule has 6 aromatic carbocycles. The van der Waals surface area contributed by atoms with Crippen molar-refractivity contribution in [2.24, 2.45) is 0 Å². The number of benzene rings is 6. The van der Waals surface area contributed by atoms with E-state index in [4.69, 9.17) is 18.9 Å². The molecule has 0 unspecified atom stereocenters. The molecule has 0 aliphatic heterocycles. The molecular formula is C50H36O20. The molecule has 8 N–H and O–H groups in total. The lowest BCUT2D eigenvalue weighted by Crippen LogP contribution is -2.06. The SMILES string of the molecule is O=C(O)c1cc(COc2cc(/C=C/c3cc(OCc4cc(C(=O)O)cc(C(=O)O)c4)cc(OCc4cc(C(=O)O)cc(C(=O)O)c4)c3)cc(OCc3cc(C(=O)O)cc(C(=O)O)c3)c2)cc(C(=O)O)c1. The third-order valence-electron chi connectivity index (χ3n) is 9.84. The van der Waals surface area contributed by atoms with Crippen LogP contribution in [0.15, 0.2) is 109 Å². The van der Waals surface area contributed by atoms with Crippen LogP contribution in [0.5, 0.6) is 23.0 Å². The predicted molar refractivity (Wildman–Crippen MR) is 241 cm³/mol. The van der Waals surface area contributed by atoms with E-state index < -0.39 is 47.8 Å². The van der Waals surface area contributed by atoms with Crippen LogP contribution in [0.3, 0.4) is 0 Å². The molecule has 6 aromatic rings. The first-order chi connectivity index (χ1) is 33.2. The molecule has 0 saturated carbocycles. The maximum atomic E-state index is 11.8. The molecule has 0 atom stereocenters. The molecule has 6 rings (SSSR count). The fourth-order valence-corrected chi connectivity index (χ4v) is 6.66. The largest absolute Gasteiger partial charge is 0.489 e. The van der Waals surface area contributed by atoms with E-state index in [-0.39, 0.29) is 116 Å². The molecule has 0 spiro atoms. The van der Waals surface area contributed by atoms with Crippen molar-refractivity contribution in [1.29, 1.82) is 0 Å². The van der Waals surface area contributed by atoms with Gasteiger partial charge in [0.25, 0.3) is 0 Å². The standard InChI is InChI=1S/C50H36O20/c51-43(52)31-3-27(4-32(15-31)44(53)54)21-67-39-11-25(12-40(19-39)68-22-28-5-33(45(55)56)16-34(6-28)46(57)58)1-2-26-13-41(69-23-29-7-35(47(59)60)17-36(8-29)48(61)62)20-42(14-26)70-24-30-9-37(49(63)64)18-38(10-30)50(65)66/h1-20H,21-24H2,(H,51,52)(H,53,54)(H,55,56)(H,57,58)(H,59,60)(H,61,62)(H,63,64)(H,65,66)/b2-1+. The van der Waals surface area contributed by atoms with Crippen molar-refractivity contribution in [1.82, 2.24) is 0 Å². The van der Waals surface area contributed by atoms with Gasteiger partial charge in [-0.15, -0.1) is 0 Å². The van der Waals surface area contributed by atoms with Crippen LogP contribution in [0.1, 0.15) is 116 Å². The molecule has 0 aromatic heterocycles. The lowest BCUT2D eigenvalue weighted by molar-refractivity contribution is 0.0676. The quantitative estimate of drug-likeness (QED) is 0.0301. The maximum Gasteiger partial charge on any atom is 0.335 e. The molecule has 0 aliphatic carbocycles. The van der Waals surface area contributed by atoms with E-state index in [0.29, 0.717) is 11.1 Å². The smallest absolute Gasteiger partial charge is 0.335 e. The Balaban J connectivity index is 1.37. The normalized spacial score (nSPS) is 10.8. The van der Waals surface area contributed by atoms with Gasteiger partial charge in [-0.2, -0.15) is 0 Å². The average molecular weight is 957 g/mol. The van der Waals surface area contributed by atoms with Crippen molar-refractivity contribution in [2.45, 2.75) is 26.4 Å². The highest BCUT2D eigenvalue weighted by atomic mass is 16.5. The zero-order chi connectivity index (χ0) is 50.8. The van der Waals surface area contributed by atoms with Gasteiger partial charge in [-0.05, 0) is 130 Å². The summed E-state index contributed by atoms with van der Waals surface area (Å²) in [6.45, 7) is -1.32. The first-order valence-electron chi connectivity index (χ1n) is 20.1. The Hall–Kier alpha value is -9.98. The Bertz CT molecular complexity index is 2610. The van der Waals surface area contributed by atoms with Gasteiger partial charge in [0, 0.05) is 12.1 Å². The maximum absolute atomic E-state index is 11.8. The molecule has 0 aliphatic rings. The van der Waals surface area contributed by atoms with E-state index in [1.54, 1.807) is 12.2 Å². The minimum absolute atomic E-state index is 0.106. The van der Waals surface area contributed by atoms with Gasteiger partial charge in [0.1, 0.15) is 49.4 Å². The summed E-state index contributed by atoms with van der Waals surface area (Å²) in [7, 11) is 0. The summed E-state index contributed by atoms with van der Waals surface area (Å²) in [5, 5.41) is 76.6. The van der Waals surface area contributed by atoms with E-state index >= 15 is 0 Å². The monoisotopic (exact) mass is 956 g/mol. The lowest BCUT2D eigenvalue weighted by Gasteiger charge is -2.14. The lowest BCUT2D eigenvalue weighted by atomic mass is 10.1. The molecule has 0 saturated heterocycles. The van der Waals surface area contributed by atoms with Crippen molar-refractivity contribution in [3.05, 3.63) is 187 Å². The predicted octanol–water partition coefficient (Wildman–Crippen LogP) is 7.76. The summed E-state index contributed by atoms with van der Waals surface area (Å²) in [6.07, 6.45) is 3.13. The van der Waals surface area contributed by atoms with Crippen LogP contribution in [0.2, 0.25) is 0 Å². The highest BCUT2D eigenvalue weighted by Crippen LogP contribution is 2.30. The molecular weight excluding hydrogens is 921 g/mol. The Morgan fingerprint density at radius 3 is 0.600 bits per heavy atom. The van der Waals surface area contributed by atoms with Crippen molar-refractivity contribution >= 4 is 59.9 Å². The molecule has 0 fully saturated rings. The Morgan fingerprint density at radius 1 is 0.271 bits per heavy atom. The van der Waals surface area contributed by atoms with Crippen LogP contribution in [0.4, 0.5) is 0 Å². The van der Waals surface area contributed by atoms with Crippen molar-refractivity contribution < 1.29 is 98.2 Å². The van der Waals surface area contributed by atoms with Crippen molar-refractivity contribution in [3.63, 3.8) is 0 Å². The number of rotatable bonds is 22. The van der Waals surface area contributed by atoms with Crippen LogP contribution in [0.25, 0.3) is 12.2 Å². The molecule has 70 heavy (non-hydrogen) atoms. The second-order valence-corrected chi connectivity index (χ2v) is 15.1. The Kier molecular flexibility index (Phi) is 15.2. The first kappa shape index (κ1) is 49.5. The Morgan fingerprint density at radius 2 is 0.443 bits per heavy atom. The second-order valence-electron chi connectivity index (χ2n) is 15.1. The summed E-state index contributed by atoms with van der Waals surface area (Å²) in [6, 6.07) is 22.7. The Labute approximate surface area is 393 Å². The third kappa shape index (κ3) is 13.3. The molecule has 0 amide bonds. The van der Waals surface area contributed by atoms with Gasteiger partial charge in [0.05, 0.1) is 44.5 Å². The minimum atomic E-state index is -1.38. The number of carboxylic acid groups (broad SMARTS) is 8. The van der Waals surface area contributed by atoms with Crippen LogP contribution in [-0.4, -0.2) is 88.6 Å². The van der Waals surface area contributed by atoms with E-state index in [1.807, 2.05) is 0 Å². The molecule has 0 radical (unpaired) electrons. The van der Waals surface area contributed by atoms with Gasteiger partial charge in [-0.1, -0.05) is 12.2 Å². The molecule has 20 nitrogen and oxygen atoms in total. The van der Waals surface area contributed by atoms with Gasteiger partial charge in [-0.3, -0.25) is 0 Å². The van der Waals surface area contributed by atoms with E-state index in [9.17, 15) is 79.2 Å². The van der Waals surface area contributed by atoms with Gasteiger partial charge in [0.15, 0.2) is 0 Å². The van der Waals surface area contributed by atoms with Crippen LogP contribution in [-0.2, 0) is 26.4 Å². The number of carbonyl (C=O) groups is 8. The highest BCUT2D eigenvalue weighted by Gasteiger charge is 2.17. The van der Waals surface area contributed by atoms with Gasteiger partial charge >= 0.3 is 47.8 Å². The number of aromatic carboxylic acids is 8. The van der Waals surface area contributed by atoms with Crippen molar-refractivity contribution in [3.8, 4) is 23.0 Å². The summed E-state index contributed by atoms with van der Waals surface area (Å²) < 4.78 is 23.9. The van der Waals surface area contributed by atoms with Crippen LogP contribution < -0.4 is 18.9 Å².